The lowest BCUT2D eigenvalue weighted by Gasteiger charge is -2.34. The first-order chi connectivity index (χ1) is 10.7. The molecular formula is C16H21N3O3. The fraction of sp³-hybridized carbons (Fsp3) is 0.500. The molecule has 0 unspecified atom stereocenters. The standard InChI is InChI=1S/C16H21N3O3/c1-2-8-17-15(21)11-10-19(9-7-13(11)20)16-18-12-5-3-4-6-14(12)22-16/h3-6,11,13,20H,2,7-10H2,1H3,(H,17,21)/t11-,13+/m0/s1. The lowest BCUT2D eigenvalue weighted by Crippen LogP contribution is -2.50. The molecule has 22 heavy (non-hydrogen) atoms. The Labute approximate surface area is 129 Å². The van der Waals surface area contributed by atoms with E-state index in [4.69, 9.17) is 4.42 Å². The second-order valence-electron chi connectivity index (χ2n) is 5.66. The molecule has 2 atom stereocenters. The maximum absolute atomic E-state index is 12.2. The van der Waals surface area contributed by atoms with Crippen molar-refractivity contribution >= 4 is 23.0 Å². The summed E-state index contributed by atoms with van der Waals surface area (Å²) in [5.74, 6) is -0.550. The second-order valence-corrected chi connectivity index (χ2v) is 5.66. The summed E-state index contributed by atoms with van der Waals surface area (Å²) in [6.45, 7) is 3.68. The molecule has 0 aliphatic carbocycles. The number of aromatic nitrogens is 1. The number of amides is 1. The summed E-state index contributed by atoms with van der Waals surface area (Å²) in [5, 5.41) is 13.0. The van der Waals surface area contributed by atoms with E-state index in [9.17, 15) is 9.90 Å². The Morgan fingerprint density at radius 3 is 3.09 bits per heavy atom. The van der Waals surface area contributed by atoms with Gasteiger partial charge >= 0.3 is 0 Å². The van der Waals surface area contributed by atoms with Gasteiger partial charge < -0.3 is 19.7 Å². The number of rotatable bonds is 4. The summed E-state index contributed by atoms with van der Waals surface area (Å²) in [7, 11) is 0. The van der Waals surface area contributed by atoms with Crippen molar-refractivity contribution in [2.75, 3.05) is 24.5 Å². The van der Waals surface area contributed by atoms with Crippen LogP contribution in [0.2, 0.25) is 0 Å². The molecule has 3 rings (SSSR count). The number of nitrogens with one attached hydrogen (secondary N) is 1. The van der Waals surface area contributed by atoms with Crippen molar-refractivity contribution in [1.29, 1.82) is 0 Å². The third-order valence-corrected chi connectivity index (χ3v) is 4.02. The molecule has 1 aliphatic rings. The number of benzene rings is 1. The SMILES string of the molecule is CCCNC(=O)[C@H]1CN(c2nc3ccccc3o2)CC[C@H]1O. The van der Waals surface area contributed by atoms with E-state index in [1.54, 1.807) is 0 Å². The predicted molar refractivity (Wildman–Crippen MR) is 83.6 cm³/mol. The molecule has 0 bridgehead atoms. The van der Waals surface area contributed by atoms with Crippen LogP contribution in [0, 0.1) is 5.92 Å². The van der Waals surface area contributed by atoms with E-state index in [2.05, 4.69) is 10.3 Å². The maximum Gasteiger partial charge on any atom is 0.298 e. The summed E-state index contributed by atoms with van der Waals surface area (Å²) in [4.78, 5) is 18.6. The van der Waals surface area contributed by atoms with Gasteiger partial charge in [0.05, 0.1) is 12.0 Å². The van der Waals surface area contributed by atoms with Crippen molar-refractivity contribution in [3.8, 4) is 0 Å². The number of fused-ring (bicyclic) bond motifs is 1. The Kier molecular flexibility index (Phi) is 4.29. The zero-order valence-corrected chi connectivity index (χ0v) is 12.7. The minimum atomic E-state index is -0.613. The summed E-state index contributed by atoms with van der Waals surface area (Å²) in [6.07, 6.45) is 0.796. The highest BCUT2D eigenvalue weighted by atomic mass is 16.4. The van der Waals surface area contributed by atoms with Crippen LogP contribution < -0.4 is 10.2 Å². The molecule has 1 fully saturated rings. The van der Waals surface area contributed by atoms with E-state index < -0.39 is 12.0 Å². The molecule has 2 heterocycles. The van der Waals surface area contributed by atoms with Gasteiger partial charge in [0.2, 0.25) is 5.91 Å². The highest BCUT2D eigenvalue weighted by molar-refractivity contribution is 5.80. The Bertz CT molecular complexity index is 622. The molecule has 0 saturated carbocycles. The van der Waals surface area contributed by atoms with Crippen LogP contribution in [0.15, 0.2) is 28.7 Å². The lowest BCUT2D eigenvalue weighted by atomic mass is 9.94. The molecule has 1 saturated heterocycles. The van der Waals surface area contributed by atoms with Crippen LogP contribution in [0.3, 0.4) is 0 Å². The number of para-hydroxylation sites is 2. The predicted octanol–water partition coefficient (Wildman–Crippen LogP) is 1.54. The summed E-state index contributed by atoms with van der Waals surface area (Å²) >= 11 is 0. The molecule has 0 radical (unpaired) electrons. The van der Waals surface area contributed by atoms with Gasteiger partial charge in [-0.15, -0.1) is 0 Å². The minimum Gasteiger partial charge on any atom is -0.423 e. The van der Waals surface area contributed by atoms with Gasteiger partial charge in [-0.05, 0) is 25.0 Å². The number of piperidine rings is 1. The van der Waals surface area contributed by atoms with Gasteiger partial charge in [-0.2, -0.15) is 4.98 Å². The van der Waals surface area contributed by atoms with E-state index in [0.717, 1.165) is 17.5 Å². The average molecular weight is 303 g/mol. The highest BCUT2D eigenvalue weighted by Crippen LogP contribution is 2.26. The number of hydrogen-bond acceptors (Lipinski definition) is 5. The van der Waals surface area contributed by atoms with Gasteiger partial charge in [-0.1, -0.05) is 19.1 Å². The van der Waals surface area contributed by atoms with Crippen LogP contribution in [0.25, 0.3) is 11.1 Å². The molecule has 6 nitrogen and oxygen atoms in total. The third kappa shape index (κ3) is 2.92. The summed E-state index contributed by atoms with van der Waals surface area (Å²) < 4.78 is 5.75. The lowest BCUT2D eigenvalue weighted by molar-refractivity contribution is -0.128. The molecule has 2 aromatic rings. The molecule has 118 valence electrons. The van der Waals surface area contributed by atoms with Crippen molar-refractivity contribution in [3.63, 3.8) is 0 Å². The van der Waals surface area contributed by atoms with Gasteiger partial charge in [0.25, 0.3) is 6.01 Å². The van der Waals surface area contributed by atoms with E-state index in [1.807, 2.05) is 36.1 Å². The molecule has 1 aromatic heterocycles. The summed E-state index contributed by atoms with van der Waals surface area (Å²) in [6, 6.07) is 8.10. The number of aliphatic hydroxyl groups is 1. The van der Waals surface area contributed by atoms with E-state index in [-0.39, 0.29) is 5.91 Å². The van der Waals surface area contributed by atoms with E-state index in [0.29, 0.717) is 32.1 Å². The fourth-order valence-corrected chi connectivity index (χ4v) is 2.75. The van der Waals surface area contributed by atoms with Crippen LogP contribution in [0.1, 0.15) is 19.8 Å². The van der Waals surface area contributed by atoms with Crippen molar-refractivity contribution in [2.24, 2.45) is 5.92 Å². The topological polar surface area (TPSA) is 78.6 Å². The third-order valence-electron chi connectivity index (χ3n) is 4.02. The van der Waals surface area contributed by atoms with Crippen LogP contribution in [0.4, 0.5) is 6.01 Å². The Balaban J connectivity index is 1.75. The number of carbonyl (C=O) groups is 1. The van der Waals surface area contributed by atoms with Crippen LogP contribution in [-0.4, -0.2) is 41.7 Å². The summed E-state index contributed by atoms with van der Waals surface area (Å²) in [5.41, 5.74) is 1.53. The first-order valence-electron chi connectivity index (χ1n) is 7.75. The zero-order valence-electron chi connectivity index (χ0n) is 12.7. The largest absolute Gasteiger partial charge is 0.423 e. The molecule has 2 N–H and O–H groups in total. The molecular weight excluding hydrogens is 282 g/mol. The number of nitrogens with zero attached hydrogens (tertiary/aromatic N) is 2. The number of oxazole rings is 1. The number of aliphatic hydroxyl groups excluding tert-OH is 1. The van der Waals surface area contributed by atoms with Crippen LogP contribution >= 0.6 is 0 Å². The van der Waals surface area contributed by atoms with Crippen LogP contribution in [-0.2, 0) is 4.79 Å². The smallest absolute Gasteiger partial charge is 0.298 e. The molecule has 1 aromatic carbocycles. The van der Waals surface area contributed by atoms with Crippen molar-refractivity contribution < 1.29 is 14.3 Å². The number of hydrogen-bond donors (Lipinski definition) is 2. The van der Waals surface area contributed by atoms with Gasteiger partial charge in [0.15, 0.2) is 5.58 Å². The Morgan fingerprint density at radius 2 is 2.32 bits per heavy atom. The molecule has 0 spiro atoms. The monoisotopic (exact) mass is 303 g/mol. The van der Waals surface area contributed by atoms with Gasteiger partial charge in [-0.25, -0.2) is 0 Å². The number of anilines is 1. The Morgan fingerprint density at radius 1 is 1.50 bits per heavy atom. The van der Waals surface area contributed by atoms with Crippen molar-refractivity contribution in [3.05, 3.63) is 24.3 Å². The quantitative estimate of drug-likeness (QED) is 0.896. The maximum atomic E-state index is 12.2. The molecule has 6 heteroatoms. The Hall–Kier alpha value is -2.08. The first kappa shape index (κ1) is 14.8. The second kappa shape index (κ2) is 6.36. The van der Waals surface area contributed by atoms with Crippen molar-refractivity contribution in [1.82, 2.24) is 10.3 Å². The normalized spacial score (nSPS) is 22.0. The van der Waals surface area contributed by atoms with Crippen molar-refractivity contribution in [2.45, 2.75) is 25.9 Å². The van der Waals surface area contributed by atoms with Gasteiger partial charge in [-0.3, -0.25) is 4.79 Å². The van der Waals surface area contributed by atoms with Gasteiger partial charge in [0.1, 0.15) is 5.52 Å². The number of carbonyl (C=O) groups excluding carboxylic acids is 1. The first-order valence-corrected chi connectivity index (χ1v) is 7.75. The average Bonchev–Trinajstić information content (AvgIpc) is 2.97. The van der Waals surface area contributed by atoms with Crippen LogP contribution in [0.5, 0.6) is 0 Å². The fourth-order valence-electron chi connectivity index (χ4n) is 2.75. The van der Waals surface area contributed by atoms with Gasteiger partial charge in [0, 0.05) is 19.6 Å². The minimum absolute atomic E-state index is 0.102. The molecule has 1 amide bonds. The van der Waals surface area contributed by atoms with E-state index in [1.165, 1.54) is 0 Å². The highest BCUT2D eigenvalue weighted by Gasteiger charge is 2.34. The van der Waals surface area contributed by atoms with E-state index >= 15 is 0 Å². The zero-order chi connectivity index (χ0) is 15.5. The molecule has 1 aliphatic heterocycles.